The van der Waals surface area contributed by atoms with Gasteiger partial charge in [0.25, 0.3) is 0 Å². The minimum Gasteiger partial charge on any atom is -0.495 e. The molecule has 1 aliphatic heterocycles. The van der Waals surface area contributed by atoms with Gasteiger partial charge in [-0.2, -0.15) is 4.31 Å². The van der Waals surface area contributed by atoms with Crippen molar-refractivity contribution in [2.24, 2.45) is 0 Å². The van der Waals surface area contributed by atoms with Crippen LogP contribution in [-0.4, -0.2) is 51.0 Å². The Morgan fingerprint density at radius 3 is 2.55 bits per heavy atom. The smallest absolute Gasteiger partial charge is 0.373 e. The maximum absolute atomic E-state index is 12.6. The quantitative estimate of drug-likeness (QED) is 0.783. The zero-order chi connectivity index (χ0) is 16.3. The van der Waals surface area contributed by atoms with E-state index in [1.807, 2.05) is 0 Å². The van der Waals surface area contributed by atoms with Crippen LogP contribution in [0.15, 0.2) is 23.1 Å². The van der Waals surface area contributed by atoms with E-state index < -0.39 is 17.1 Å². The van der Waals surface area contributed by atoms with Crippen LogP contribution in [0, 0.1) is 0 Å². The molecule has 2 N–H and O–H groups in total. The molecule has 0 atom stereocenters. The second-order valence-corrected chi connectivity index (χ2v) is 7.66. The number of halogens is 1. The van der Waals surface area contributed by atoms with Gasteiger partial charge in [0.1, 0.15) is 5.75 Å². The minimum atomic E-state index is -3.56. The third kappa shape index (κ3) is 3.94. The largest absolute Gasteiger partial charge is 0.495 e. The molecule has 1 saturated heterocycles. The third-order valence-electron chi connectivity index (χ3n) is 3.69. The van der Waals surface area contributed by atoms with E-state index in [1.54, 1.807) is 12.9 Å². The summed E-state index contributed by atoms with van der Waals surface area (Å²) in [4.78, 5) is 0.167. The molecule has 22 heavy (non-hydrogen) atoms. The Kier molecular flexibility index (Phi) is 5.73. The van der Waals surface area contributed by atoms with Crippen LogP contribution >= 0.6 is 11.6 Å². The van der Waals surface area contributed by atoms with E-state index in [4.69, 9.17) is 16.3 Å². The van der Waals surface area contributed by atoms with Crippen molar-refractivity contribution in [3.63, 3.8) is 0 Å². The monoisotopic (exact) mass is 346 g/mol. The van der Waals surface area contributed by atoms with Crippen molar-refractivity contribution in [3.05, 3.63) is 23.2 Å². The number of nitrogens with one attached hydrogen (secondary N) is 1. The molecule has 0 radical (unpaired) electrons. The maximum Gasteiger partial charge on any atom is 0.373 e. The Morgan fingerprint density at radius 2 is 2.05 bits per heavy atom. The fourth-order valence-electron chi connectivity index (χ4n) is 2.56. The number of rotatable bonds is 5. The molecule has 0 spiro atoms. The number of benzene rings is 1. The summed E-state index contributed by atoms with van der Waals surface area (Å²) >= 11 is 6.01. The second kappa shape index (κ2) is 7.19. The first-order valence-corrected chi connectivity index (χ1v) is 8.94. The highest BCUT2D eigenvalue weighted by Gasteiger charge is 2.30. The predicted octanol–water partition coefficient (Wildman–Crippen LogP) is 1.20. The van der Waals surface area contributed by atoms with Crippen LogP contribution in [0.5, 0.6) is 5.75 Å². The van der Waals surface area contributed by atoms with Gasteiger partial charge in [0.05, 0.1) is 17.0 Å². The van der Waals surface area contributed by atoms with Gasteiger partial charge < -0.3 is 15.0 Å². The van der Waals surface area contributed by atoms with Gasteiger partial charge >= 0.3 is 7.05 Å². The van der Waals surface area contributed by atoms with Gasteiger partial charge in [-0.25, -0.2) is 8.42 Å². The Morgan fingerprint density at radius 1 is 1.41 bits per heavy atom. The number of sulfonamides is 1. The normalized spacial score (nSPS) is 17.5. The number of piperidine rings is 1. The minimum absolute atomic E-state index is 0.130. The van der Waals surface area contributed by atoms with Crippen LogP contribution in [0.25, 0.3) is 0 Å². The molecule has 122 valence electrons. The highest BCUT2D eigenvalue weighted by molar-refractivity contribution is 7.89. The Balaban J connectivity index is 2.10. The Labute approximate surface area is 136 Å². The lowest BCUT2D eigenvalue weighted by Crippen LogP contribution is -2.48. The van der Waals surface area contributed by atoms with Crippen molar-refractivity contribution in [2.75, 3.05) is 20.2 Å². The lowest BCUT2D eigenvalue weighted by Gasteiger charge is -2.32. The number of ether oxygens (including phenoxy) is 1. The lowest BCUT2D eigenvalue weighted by molar-refractivity contribution is 0.303. The van der Waals surface area contributed by atoms with Crippen LogP contribution in [0.1, 0.15) is 12.8 Å². The van der Waals surface area contributed by atoms with Crippen LogP contribution in [0.2, 0.25) is 11.8 Å². The van der Waals surface area contributed by atoms with E-state index in [0.29, 0.717) is 31.7 Å². The first kappa shape index (κ1) is 17.6. The van der Waals surface area contributed by atoms with Gasteiger partial charge in [0, 0.05) is 19.1 Å². The molecular weight excluding hydrogens is 326 g/mol. The van der Waals surface area contributed by atoms with Crippen molar-refractivity contribution in [2.45, 2.75) is 30.6 Å². The molecule has 6 nitrogen and oxygen atoms in total. The summed E-state index contributed by atoms with van der Waals surface area (Å²) < 4.78 is 31.7. The third-order valence-corrected chi connectivity index (χ3v) is 5.88. The maximum atomic E-state index is 12.6. The van der Waals surface area contributed by atoms with E-state index in [9.17, 15) is 13.4 Å². The van der Waals surface area contributed by atoms with Gasteiger partial charge in [-0.1, -0.05) is 11.6 Å². The molecule has 1 aromatic carbocycles. The first-order valence-electron chi connectivity index (χ1n) is 7.12. The number of hydrogen-bond donors (Lipinski definition) is 2. The van der Waals surface area contributed by atoms with E-state index >= 15 is 0 Å². The van der Waals surface area contributed by atoms with Gasteiger partial charge in [0.2, 0.25) is 10.0 Å². The Hall–Kier alpha value is -0.795. The van der Waals surface area contributed by atoms with Crippen molar-refractivity contribution in [1.29, 1.82) is 0 Å². The van der Waals surface area contributed by atoms with E-state index in [-0.39, 0.29) is 16.0 Å². The first-order chi connectivity index (χ1) is 10.3. The molecule has 0 bridgehead atoms. The van der Waals surface area contributed by atoms with Crippen LogP contribution in [0.3, 0.4) is 0 Å². The zero-order valence-electron chi connectivity index (χ0n) is 12.6. The lowest BCUT2D eigenvalue weighted by atomic mass is 9.85. The van der Waals surface area contributed by atoms with Crippen LogP contribution in [0.4, 0.5) is 0 Å². The standard InChI is InChI=1S/C13H20BClN2O4S/c1-14(18)16-10-5-7-17(8-6-10)22(19,20)11-3-4-13(21-2)12(15)9-11/h3-4,9-10,16,18H,5-8H2,1-2H3. The van der Waals surface area contributed by atoms with Gasteiger partial charge in [-0.05, 0) is 37.9 Å². The van der Waals surface area contributed by atoms with Crippen LogP contribution in [-0.2, 0) is 10.0 Å². The highest BCUT2D eigenvalue weighted by atomic mass is 35.5. The number of hydrogen-bond acceptors (Lipinski definition) is 5. The summed E-state index contributed by atoms with van der Waals surface area (Å²) in [5.41, 5.74) is 0. The second-order valence-electron chi connectivity index (χ2n) is 5.32. The summed E-state index contributed by atoms with van der Waals surface area (Å²) in [6.07, 6.45) is 1.32. The van der Waals surface area contributed by atoms with Crippen molar-refractivity contribution < 1.29 is 18.2 Å². The summed E-state index contributed by atoms with van der Waals surface area (Å²) in [6, 6.07) is 4.60. The molecule has 0 aliphatic carbocycles. The van der Waals surface area contributed by atoms with E-state index in [2.05, 4.69) is 5.23 Å². The molecule has 0 saturated carbocycles. The SMILES string of the molecule is COc1ccc(S(=O)(=O)N2CCC(NB(C)O)CC2)cc1Cl. The van der Waals surface area contributed by atoms with Crippen molar-refractivity contribution >= 4 is 28.7 Å². The van der Waals surface area contributed by atoms with Crippen LogP contribution < -0.4 is 9.96 Å². The van der Waals surface area contributed by atoms with Gasteiger partial charge in [-0.3, -0.25) is 0 Å². The molecule has 0 amide bonds. The molecular formula is C13H20BClN2O4S. The zero-order valence-corrected chi connectivity index (χ0v) is 14.2. The molecule has 2 rings (SSSR count). The summed E-state index contributed by atoms with van der Waals surface area (Å²) in [6.45, 7) is 2.48. The summed E-state index contributed by atoms with van der Waals surface area (Å²) in [7, 11) is -2.67. The number of nitrogens with zero attached hydrogens (tertiary/aromatic N) is 1. The summed E-state index contributed by atoms with van der Waals surface area (Å²) in [5.74, 6) is 0.445. The van der Waals surface area contributed by atoms with Gasteiger partial charge in [-0.15, -0.1) is 0 Å². The molecule has 1 aliphatic rings. The topological polar surface area (TPSA) is 78.9 Å². The molecule has 1 heterocycles. The summed E-state index contributed by atoms with van der Waals surface area (Å²) in [5, 5.41) is 12.6. The fourth-order valence-corrected chi connectivity index (χ4v) is 4.38. The van der Waals surface area contributed by atoms with Crippen molar-refractivity contribution in [1.82, 2.24) is 9.53 Å². The van der Waals surface area contributed by atoms with Crippen molar-refractivity contribution in [3.8, 4) is 5.75 Å². The highest BCUT2D eigenvalue weighted by Crippen LogP contribution is 2.29. The Bertz CT molecular complexity index is 618. The van der Waals surface area contributed by atoms with E-state index in [0.717, 1.165) is 0 Å². The molecule has 1 aromatic rings. The fraction of sp³-hybridized carbons (Fsp3) is 0.538. The average Bonchev–Trinajstić information content (AvgIpc) is 2.47. The molecule has 0 unspecified atom stereocenters. The average molecular weight is 347 g/mol. The molecule has 1 fully saturated rings. The predicted molar refractivity (Wildman–Crippen MR) is 86.8 cm³/mol. The molecule has 0 aromatic heterocycles. The number of methoxy groups -OCH3 is 1. The molecule has 9 heteroatoms. The van der Waals surface area contributed by atoms with Gasteiger partial charge in [0.15, 0.2) is 0 Å². The van der Waals surface area contributed by atoms with E-state index in [1.165, 1.54) is 23.5 Å².